The molecule has 0 aliphatic carbocycles. The number of hydrogen-bond acceptors (Lipinski definition) is 5. The second-order valence-corrected chi connectivity index (χ2v) is 5.71. The van der Waals surface area contributed by atoms with Gasteiger partial charge in [0.1, 0.15) is 5.56 Å². The van der Waals surface area contributed by atoms with Gasteiger partial charge in [-0.05, 0) is 31.2 Å². The smallest absolute Gasteiger partial charge is 0.345 e. The van der Waals surface area contributed by atoms with Crippen LogP contribution in [-0.2, 0) is 4.74 Å². The van der Waals surface area contributed by atoms with Crippen LogP contribution < -0.4 is 0 Å². The Morgan fingerprint density at radius 1 is 1.12 bits per heavy atom. The molecule has 0 saturated carbocycles. The minimum atomic E-state index is -1.13. The lowest BCUT2D eigenvalue weighted by molar-refractivity contribution is -0.385. The number of ketones is 1. The van der Waals surface area contributed by atoms with Crippen LogP contribution >= 0.6 is 23.2 Å². The van der Waals surface area contributed by atoms with Gasteiger partial charge in [0, 0.05) is 21.7 Å². The SMILES string of the molecule is CC(OC(=O)c1ccc(Cl)cc1[N+](=O)[O-])C(=O)c1cccc(Cl)c1. The Morgan fingerprint density at radius 2 is 1.79 bits per heavy atom. The Balaban J connectivity index is 2.20. The van der Waals surface area contributed by atoms with E-state index in [2.05, 4.69) is 0 Å². The van der Waals surface area contributed by atoms with Gasteiger partial charge in [0.2, 0.25) is 5.78 Å². The van der Waals surface area contributed by atoms with Crippen molar-refractivity contribution in [3.63, 3.8) is 0 Å². The van der Waals surface area contributed by atoms with E-state index in [9.17, 15) is 19.7 Å². The van der Waals surface area contributed by atoms with Crippen molar-refractivity contribution < 1.29 is 19.2 Å². The Hall–Kier alpha value is -2.44. The number of nitro benzene ring substituents is 1. The van der Waals surface area contributed by atoms with Crippen molar-refractivity contribution in [1.29, 1.82) is 0 Å². The first-order valence-electron chi connectivity index (χ1n) is 6.74. The molecule has 0 aliphatic rings. The highest BCUT2D eigenvalue weighted by Crippen LogP contribution is 2.24. The van der Waals surface area contributed by atoms with Gasteiger partial charge in [0.05, 0.1) is 4.92 Å². The monoisotopic (exact) mass is 367 g/mol. The lowest BCUT2D eigenvalue weighted by Crippen LogP contribution is -2.24. The fourth-order valence-electron chi connectivity index (χ4n) is 1.98. The van der Waals surface area contributed by atoms with Crippen molar-refractivity contribution in [2.24, 2.45) is 0 Å². The Bertz CT molecular complexity index is 822. The number of nitrogens with zero attached hydrogens (tertiary/aromatic N) is 1. The summed E-state index contributed by atoms with van der Waals surface area (Å²) in [5, 5.41) is 11.5. The maximum absolute atomic E-state index is 12.2. The molecule has 1 unspecified atom stereocenters. The minimum Gasteiger partial charge on any atom is -0.450 e. The number of carbonyl (C=O) groups excluding carboxylic acids is 2. The van der Waals surface area contributed by atoms with E-state index in [0.29, 0.717) is 5.02 Å². The molecule has 2 aromatic rings. The first-order valence-corrected chi connectivity index (χ1v) is 7.50. The van der Waals surface area contributed by atoms with Gasteiger partial charge in [0.25, 0.3) is 5.69 Å². The van der Waals surface area contributed by atoms with Crippen LogP contribution in [-0.4, -0.2) is 22.8 Å². The molecule has 0 amide bonds. The van der Waals surface area contributed by atoms with E-state index in [0.717, 1.165) is 6.07 Å². The summed E-state index contributed by atoms with van der Waals surface area (Å²) in [6.07, 6.45) is -1.13. The van der Waals surface area contributed by atoms with E-state index in [1.165, 1.54) is 31.2 Å². The molecule has 0 radical (unpaired) electrons. The maximum atomic E-state index is 12.2. The second-order valence-electron chi connectivity index (χ2n) is 4.84. The normalized spacial score (nSPS) is 11.6. The number of carbonyl (C=O) groups is 2. The molecule has 0 heterocycles. The largest absolute Gasteiger partial charge is 0.450 e. The van der Waals surface area contributed by atoms with Crippen molar-refractivity contribution in [1.82, 2.24) is 0 Å². The summed E-state index contributed by atoms with van der Waals surface area (Å²) < 4.78 is 5.04. The summed E-state index contributed by atoms with van der Waals surface area (Å²) in [7, 11) is 0. The molecule has 0 saturated heterocycles. The number of esters is 1. The van der Waals surface area contributed by atoms with Gasteiger partial charge in [-0.25, -0.2) is 4.79 Å². The molecule has 124 valence electrons. The van der Waals surface area contributed by atoms with Gasteiger partial charge >= 0.3 is 5.97 Å². The summed E-state index contributed by atoms with van der Waals surface area (Å²) in [6.45, 7) is 1.38. The van der Waals surface area contributed by atoms with Crippen molar-refractivity contribution in [3.05, 3.63) is 73.8 Å². The summed E-state index contributed by atoms with van der Waals surface area (Å²) in [6, 6.07) is 9.72. The molecule has 24 heavy (non-hydrogen) atoms. The Morgan fingerprint density at radius 3 is 2.42 bits per heavy atom. The molecule has 0 fully saturated rings. The summed E-state index contributed by atoms with van der Waals surface area (Å²) in [5.41, 5.74) is -0.501. The van der Waals surface area contributed by atoms with Crippen LogP contribution in [0.1, 0.15) is 27.6 Å². The molecule has 2 rings (SSSR count). The summed E-state index contributed by atoms with van der Waals surface area (Å²) >= 11 is 11.5. The van der Waals surface area contributed by atoms with Crippen molar-refractivity contribution >= 4 is 40.6 Å². The van der Waals surface area contributed by atoms with E-state index in [1.807, 2.05) is 0 Å². The third kappa shape index (κ3) is 4.10. The van der Waals surface area contributed by atoms with E-state index >= 15 is 0 Å². The van der Waals surface area contributed by atoms with Crippen LogP contribution in [0.5, 0.6) is 0 Å². The molecule has 8 heteroatoms. The quantitative estimate of drug-likeness (QED) is 0.339. The van der Waals surface area contributed by atoms with Gasteiger partial charge in [-0.1, -0.05) is 35.3 Å². The minimum absolute atomic E-state index is 0.112. The summed E-state index contributed by atoms with van der Waals surface area (Å²) in [4.78, 5) is 34.7. The molecular formula is C16H11Cl2NO5. The van der Waals surface area contributed by atoms with Crippen LogP contribution in [0.25, 0.3) is 0 Å². The standard InChI is InChI=1S/C16H11Cl2NO5/c1-9(15(20)10-3-2-4-11(17)7-10)24-16(21)13-6-5-12(18)8-14(13)19(22)23/h2-9H,1H3. The van der Waals surface area contributed by atoms with Crippen LogP contribution in [0.15, 0.2) is 42.5 Å². The third-order valence-electron chi connectivity index (χ3n) is 3.14. The topological polar surface area (TPSA) is 86.5 Å². The molecule has 1 atom stereocenters. The van der Waals surface area contributed by atoms with Crippen LogP contribution in [0, 0.1) is 10.1 Å². The molecule has 0 aliphatic heterocycles. The van der Waals surface area contributed by atoms with E-state index in [4.69, 9.17) is 27.9 Å². The number of halogens is 2. The molecular weight excluding hydrogens is 357 g/mol. The molecule has 6 nitrogen and oxygen atoms in total. The zero-order valence-corrected chi connectivity index (χ0v) is 13.9. The predicted octanol–water partition coefficient (Wildman–Crippen LogP) is 4.33. The number of ether oxygens (including phenoxy) is 1. The second kappa shape index (κ2) is 7.42. The van der Waals surface area contributed by atoms with Gasteiger partial charge < -0.3 is 4.74 Å². The average Bonchev–Trinajstić information content (AvgIpc) is 2.53. The first-order chi connectivity index (χ1) is 11.3. The highest BCUT2D eigenvalue weighted by atomic mass is 35.5. The van der Waals surface area contributed by atoms with Gasteiger partial charge in [-0.2, -0.15) is 0 Å². The Kier molecular flexibility index (Phi) is 5.54. The maximum Gasteiger partial charge on any atom is 0.345 e. The van der Waals surface area contributed by atoms with Crippen molar-refractivity contribution in [2.45, 2.75) is 13.0 Å². The molecule has 0 spiro atoms. The third-order valence-corrected chi connectivity index (χ3v) is 3.61. The molecule has 0 N–H and O–H groups in total. The van der Waals surface area contributed by atoms with E-state index in [-0.39, 0.29) is 16.1 Å². The summed E-state index contributed by atoms with van der Waals surface area (Å²) in [5.74, 6) is -1.45. The van der Waals surface area contributed by atoms with Crippen LogP contribution in [0.2, 0.25) is 10.0 Å². The molecule has 0 bridgehead atoms. The highest BCUT2D eigenvalue weighted by Gasteiger charge is 2.26. The van der Waals surface area contributed by atoms with Gasteiger partial charge in [-0.15, -0.1) is 0 Å². The zero-order chi connectivity index (χ0) is 17.9. The van der Waals surface area contributed by atoms with Crippen molar-refractivity contribution in [3.8, 4) is 0 Å². The number of benzene rings is 2. The first kappa shape index (κ1) is 17.9. The Labute approximate surface area is 147 Å². The molecule has 2 aromatic carbocycles. The number of Topliss-reactive ketones (excluding diaryl/α,β-unsaturated/α-hetero) is 1. The number of hydrogen-bond donors (Lipinski definition) is 0. The average molecular weight is 368 g/mol. The molecule has 0 aromatic heterocycles. The lowest BCUT2D eigenvalue weighted by atomic mass is 10.1. The number of nitro groups is 1. The van der Waals surface area contributed by atoms with E-state index in [1.54, 1.807) is 12.1 Å². The van der Waals surface area contributed by atoms with Gasteiger partial charge in [0.15, 0.2) is 6.10 Å². The van der Waals surface area contributed by atoms with Crippen LogP contribution in [0.3, 0.4) is 0 Å². The van der Waals surface area contributed by atoms with E-state index < -0.39 is 28.5 Å². The van der Waals surface area contributed by atoms with Crippen molar-refractivity contribution in [2.75, 3.05) is 0 Å². The lowest BCUT2D eigenvalue weighted by Gasteiger charge is -2.12. The van der Waals surface area contributed by atoms with Gasteiger partial charge in [-0.3, -0.25) is 14.9 Å². The fraction of sp³-hybridized carbons (Fsp3) is 0.125. The van der Waals surface area contributed by atoms with Crippen LogP contribution in [0.4, 0.5) is 5.69 Å². The zero-order valence-electron chi connectivity index (χ0n) is 12.4. The highest BCUT2D eigenvalue weighted by molar-refractivity contribution is 6.31. The fourth-order valence-corrected chi connectivity index (χ4v) is 2.34. The predicted molar refractivity (Wildman–Crippen MR) is 88.8 cm³/mol. The number of rotatable bonds is 5.